The Bertz CT molecular complexity index is 655. The minimum atomic E-state index is -3.36. The summed E-state index contributed by atoms with van der Waals surface area (Å²) in [5.41, 5.74) is 2.83. The monoisotopic (exact) mass is 353 g/mol. The van der Waals surface area contributed by atoms with Crippen LogP contribution in [0.25, 0.3) is 0 Å². The minimum absolute atomic E-state index is 0.167. The lowest BCUT2D eigenvalue weighted by molar-refractivity contribution is 0.133. The van der Waals surface area contributed by atoms with E-state index in [-0.39, 0.29) is 6.61 Å². The van der Waals surface area contributed by atoms with Gasteiger partial charge in [0, 0.05) is 25.6 Å². The van der Waals surface area contributed by atoms with Crippen molar-refractivity contribution in [2.24, 2.45) is 0 Å². The zero-order valence-corrected chi connectivity index (χ0v) is 15.2. The second-order valence-electron chi connectivity index (χ2n) is 6.78. The molecule has 3 rings (SSSR count). The molecule has 1 aromatic carbocycles. The lowest BCUT2D eigenvalue weighted by Gasteiger charge is -2.36. The molecule has 0 unspecified atom stereocenters. The Morgan fingerprint density at radius 1 is 1.12 bits per heavy atom. The van der Waals surface area contributed by atoms with E-state index in [4.69, 9.17) is 8.92 Å². The number of nitrogens with zero attached hydrogens (tertiary/aromatic N) is 1. The van der Waals surface area contributed by atoms with Crippen LogP contribution >= 0.6 is 0 Å². The smallest absolute Gasteiger partial charge is 0.264 e. The number of hydrogen-bond acceptors (Lipinski definition) is 5. The van der Waals surface area contributed by atoms with Gasteiger partial charge in [-0.05, 0) is 48.9 Å². The summed E-state index contributed by atoms with van der Waals surface area (Å²) in [4.78, 5) is 2.65. The van der Waals surface area contributed by atoms with E-state index in [0.29, 0.717) is 13.0 Å². The number of benzene rings is 1. The fraction of sp³-hybridized carbons (Fsp3) is 0.667. The summed E-state index contributed by atoms with van der Waals surface area (Å²) in [6.07, 6.45) is 7.93. The Morgan fingerprint density at radius 3 is 2.54 bits per heavy atom. The van der Waals surface area contributed by atoms with Crippen LogP contribution in [0, 0.1) is 0 Å². The highest BCUT2D eigenvalue weighted by Crippen LogP contribution is 2.28. The zero-order valence-electron chi connectivity index (χ0n) is 14.4. The van der Waals surface area contributed by atoms with E-state index >= 15 is 0 Å². The average molecular weight is 353 g/mol. The number of fused-ring (bicyclic) bond motifs is 1. The first-order valence-electron chi connectivity index (χ1n) is 8.84. The lowest BCUT2D eigenvalue weighted by atomic mass is 9.91. The molecular formula is C18H27NO4S. The fourth-order valence-electron chi connectivity index (χ4n) is 3.38. The van der Waals surface area contributed by atoms with Gasteiger partial charge >= 0.3 is 0 Å². The summed E-state index contributed by atoms with van der Waals surface area (Å²) in [5.74, 6) is 0.866. The highest BCUT2D eigenvalue weighted by atomic mass is 32.2. The molecule has 1 fully saturated rings. The van der Waals surface area contributed by atoms with Crippen molar-refractivity contribution < 1.29 is 17.3 Å². The predicted molar refractivity (Wildman–Crippen MR) is 94.0 cm³/mol. The summed E-state index contributed by atoms with van der Waals surface area (Å²) < 4.78 is 32.2. The average Bonchev–Trinajstić information content (AvgIpc) is 2.67. The second-order valence-corrected chi connectivity index (χ2v) is 8.42. The molecule has 24 heavy (non-hydrogen) atoms. The third-order valence-corrected chi connectivity index (χ3v) is 5.56. The van der Waals surface area contributed by atoms with E-state index in [9.17, 15) is 8.42 Å². The van der Waals surface area contributed by atoms with Crippen LogP contribution in [0.5, 0.6) is 5.75 Å². The third kappa shape index (κ3) is 4.94. The van der Waals surface area contributed by atoms with Crippen LogP contribution in [0.1, 0.15) is 36.8 Å². The molecule has 0 bridgehead atoms. The van der Waals surface area contributed by atoms with Crippen molar-refractivity contribution in [3.05, 3.63) is 29.3 Å². The normalized spacial score (nSPS) is 19.4. The molecular weight excluding hydrogens is 326 g/mol. The molecule has 0 radical (unpaired) electrons. The predicted octanol–water partition coefficient (Wildman–Crippen LogP) is 2.38. The molecule has 0 atom stereocenters. The van der Waals surface area contributed by atoms with Gasteiger partial charge in [0.25, 0.3) is 10.1 Å². The van der Waals surface area contributed by atoms with Crippen LogP contribution in [0.2, 0.25) is 0 Å². The Labute approximate surface area is 145 Å². The number of hydrogen-bond donors (Lipinski definition) is 0. The summed E-state index contributed by atoms with van der Waals surface area (Å²) in [6.45, 7) is 2.94. The first-order valence-corrected chi connectivity index (χ1v) is 10.7. The summed E-state index contributed by atoms with van der Waals surface area (Å²) in [5, 5.41) is 0. The first kappa shape index (κ1) is 17.7. The Balaban J connectivity index is 1.48. The SMILES string of the molecule is CS(=O)(=O)OCCCOc1ccc2c(c1)CCN(C1CCC1)CC2. The van der Waals surface area contributed by atoms with E-state index in [0.717, 1.165) is 37.4 Å². The summed E-state index contributed by atoms with van der Waals surface area (Å²) in [6, 6.07) is 7.17. The van der Waals surface area contributed by atoms with Gasteiger partial charge in [0.15, 0.2) is 0 Å². The molecule has 0 aromatic heterocycles. The summed E-state index contributed by atoms with van der Waals surface area (Å²) in [7, 11) is -3.36. The maximum Gasteiger partial charge on any atom is 0.264 e. The van der Waals surface area contributed by atoms with E-state index < -0.39 is 10.1 Å². The molecule has 0 spiro atoms. The molecule has 0 N–H and O–H groups in total. The molecule has 6 heteroatoms. The third-order valence-electron chi connectivity index (χ3n) is 4.96. The van der Waals surface area contributed by atoms with Crippen LogP contribution in [0.15, 0.2) is 18.2 Å². The van der Waals surface area contributed by atoms with Crippen molar-refractivity contribution in [1.82, 2.24) is 4.90 Å². The molecule has 0 amide bonds. The number of rotatable bonds is 7. The fourth-order valence-corrected chi connectivity index (χ4v) is 3.81. The zero-order chi connectivity index (χ0) is 17.0. The molecule has 1 aliphatic heterocycles. The van der Waals surface area contributed by atoms with Gasteiger partial charge in [0.2, 0.25) is 0 Å². The maximum atomic E-state index is 10.9. The van der Waals surface area contributed by atoms with Crippen LogP contribution in [-0.4, -0.2) is 51.9 Å². The van der Waals surface area contributed by atoms with Gasteiger partial charge < -0.3 is 4.74 Å². The van der Waals surface area contributed by atoms with Crippen LogP contribution in [-0.2, 0) is 27.1 Å². The topological polar surface area (TPSA) is 55.8 Å². The van der Waals surface area contributed by atoms with Gasteiger partial charge in [0.05, 0.1) is 19.5 Å². The molecule has 1 saturated carbocycles. The first-order chi connectivity index (χ1) is 11.5. The van der Waals surface area contributed by atoms with E-state index in [1.807, 2.05) is 6.07 Å². The standard InChI is InChI=1S/C18H27NO4S/c1-24(20,21)23-13-3-12-22-18-7-6-15-8-10-19(17-4-2-5-17)11-9-16(15)14-18/h6-7,14,17H,2-5,8-13H2,1H3. The van der Waals surface area contributed by atoms with Gasteiger partial charge in [-0.1, -0.05) is 12.5 Å². The second kappa shape index (κ2) is 7.85. The van der Waals surface area contributed by atoms with Crippen molar-refractivity contribution in [3.8, 4) is 5.75 Å². The van der Waals surface area contributed by atoms with Crippen molar-refractivity contribution in [1.29, 1.82) is 0 Å². The quantitative estimate of drug-likeness (QED) is 0.556. The highest BCUT2D eigenvalue weighted by molar-refractivity contribution is 7.85. The van der Waals surface area contributed by atoms with Gasteiger partial charge in [0.1, 0.15) is 5.75 Å². The van der Waals surface area contributed by atoms with Crippen molar-refractivity contribution in [2.45, 2.75) is 44.6 Å². The Kier molecular flexibility index (Phi) is 5.79. The molecule has 2 aliphatic rings. The molecule has 0 saturated heterocycles. The van der Waals surface area contributed by atoms with Crippen molar-refractivity contribution in [2.75, 3.05) is 32.6 Å². The Hall–Kier alpha value is -1.11. The Morgan fingerprint density at radius 2 is 1.88 bits per heavy atom. The highest BCUT2D eigenvalue weighted by Gasteiger charge is 2.26. The van der Waals surface area contributed by atoms with E-state index in [2.05, 4.69) is 17.0 Å². The van der Waals surface area contributed by atoms with E-state index in [1.54, 1.807) is 0 Å². The van der Waals surface area contributed by atoms with Gasteiger partial charge in [-0.2, -0.15) is 8.42 Å². The summed E-state index contributed by atoms with van der Waals surface area (Å²) >= 11 is 0. The van der Waals surface area contributed by atoms with Crippen molar-refractivity contribution >= 4 is 10.1 Å². The van der Waals surface area contributed by atoms with Crippen molar-refractivity contribution in [3.63, 3.8) is 0 Å². The van der Waals surface area contributed by atoms with Crippen LogP contribution in [0.4, 0.5) is 0 Å². The number of ether oxygens (including phenoxy) is 1. The van der Waals surface area contributed by atoms with E-state index in [1.165, 1.54) is 36.9 Å². The van der Waals surface area contributed by atoms with Gasteiger partial charge in [-0.3, -0.25) is 9.08 Å². The molecule has 5 nitrogen and oxygen atoms in total. The van der Waals surface area contributed by atoms with Crippen LogP contribution in [0.3, 0.4) is 0 Å². The van der Waals surface area contributed by atoms with Crippen LogP contribution < -0.4 is 4.74 Å². The van der Waals surface area contributed by atoms with Gasteiger partial charge in [-0.25, -0.2) is 0 Å². The molecule has 134 valence electrons. The molecule has 1 heterocycles. The lowest BCUT2D eigenvalue weighted by Crippen LogP contribution is -2.41. The van der Waals surface area contributed by atoms with Gasteiger partial charge in [-0.15, -0.1) is 0 Å². The minimum Gasteiger partial charge on any atom is -0.493 e. The maximum absolute atomic E-state index is 10.9. The molecule has 1 aliphatic carbocycles. The largest absolute Gasteiger partial charge is 0.493 e. The molecule has 1 aromatic rings.